The number of hydrogen-bond donors (Lipinski definition) is 0. The molecule has 0 aliphatic rings. The van der Waals surface area contributed by atoms with E-state index in [2.05, 4.69) is 0 Å². The third-order valence-corrected chi connectivity index (χ3v) is 3.99. The monoisotopic (exact) mass is 365 g/mol. The number of carbonyl (C=O) groups is 1. The van der Waals surface area contributed by atoms with Crippen molar-refractivity contribution in [2.75, 3.05) is 17.3 Å². The zero-order valence-corrected chi connectivity index (χ0v) is 14.9. The van der Waals surface area contributed by atoms with Gasteiger partial charge in [-0.3, -0.25) is 18.8 Å². The van der Waals surface area contributed by atoms with Gasteiger partial charge in [-0.05, 0) is 12.0 Å². The van der Waals surface area contributed by atoms with Crippen LogP contribution in [0.5, 0.6) is 0 Å². The summed E-state index contributed by atoms with van der Waals surface area (Å²) >= 11 is 5.73. The molecule has 0 aliphatic carbocycles. The first-order chi connectivity index (χ1) is 12.0. The minimum Gasteiger partial charge on any atom is -0.444 e. The van der Waals surface area contributed by atoms with Crippen LogP contribution in [-0.4, -0.2) is 27.7 Å². The highest BCUT2D eigenvalue weighted by atomic mass is 35.5. The fourth-order valence-electron chi connectivity index (χ4n) is 2.29. The maximum Gasteiger partial charge on any atom is 0.415 e. The van der Waals surface area contributed by atoms with E-state index in [1.807, 2.05) is 30.3 Å². The number of halogens is 1. The van der Waals surface area contributed by atoms with Crippen LogP contribution in [0, 0.1) is 0 Å². The molecule has 0 spiro atoms. The van der Waals surface area contributed by atoms with Crippen LogP contribution >= 0.6 is 11.6 Å². The van der Waals surface area contributed by atoms with E-state index in [4.69, 9.17) is 16.3 Å². The number of carbonyl (C=O) groups excluding carboxylic acids is 1. The minimum atomic E-state index is -0.641. The molecule has 1 aromatic heterocycles. The smallest absolute Gasteiger partial charge is 0.415 e. The van der Waals surface area contributed by atoms with Gasteiger partial charge in [-0.2, -0.15) is 0 Å². The Morgan fingerprint density at radius 1 is 1.16 bits per heavy atom. The second-order valence-corrected chi connectivity index (χ2v) is 5.85. The molecule has 1 heterocycles. The molecule has 1 aromatic carbocycles. The quantitative estimate of drug-likeness (QED) is 0.732. The van der Waals surface area contributed by atoms with Gasteiger partial charge in [-0.25, -0.2) is 9.59 Å². The third kappa shape index (κ3) is 4.51. The highest BCUT2D eigenvalue weighted by Gasteiger charge is 2.21. The van der Waals surface area contributed by atoms with Gasteiger partial charge in [-0.1, -0.05) is 30.3 Å². The molecule has 0 unspecified atom stereocenters. The summed E-state index contributed by atoms with van der Waals surface area (Å²) < 4.78 is 7.53. The van der Waals surface area contributed by atoms with Crippen molar-refractivity contribution >= 4 is 23.5 Å². The van der Waals surface area contributed by atoms with Gasteiger partial charge < -0.3 is 4.74 Å². The van der Waals surface area contributed by atoms with Gasteiger partial charge in [0.15, 0.2) is 0 Å². The first-order valence-corrected chi connectivity index (χ1v) is 8.30. The van der Waals surface area contributed by atoms with E-state index in [9.17, 15) is 14.4 Å². The van der Waals surface area contributed by atoms with Crippen LogP contribution in [0.3, 0.4) is 0 Å². The van der Waals surface area contributed by atoms with E-state index in [0.29, 0.717) is 12.3 Å². The molecule has 0 radical (unpaired) electrons. The van der Waals surface area contributed by atoms with E-state index >= 15 is 0 Å². The molecule has 7 nitrogen and oxygen atoms in total. The first kappa shape index (κ1) is 18.8. The van der Waals surface area contributed by atoms with Gasteiger partial charge in [0.1, 0.15) is 12.4 Å². The molecule has 25 heavy (non-hydrogen) atoms. The van der Waals surface area contributed by atoms with Gasteiger partial charge in [0.25, 0.3) is 5.56 Å². The lowest BCUT2D eigenvalue weighted by atomic mass is 10.2. The highest BCUT2D eigenvalue weighted by Crippen LogP contribution is 2.13. The summed E-state index contributed by atoms with van der Waals surface area (Å²) in [4.78, 5) is 37.8. The number of anilines is 1. The Morgan fingerprint density at radius 3 is 2.48 bits per heavy atom. The zero-order valence-electron chi connectivity index (χ0n) is 14.1. The van der Waals surface area contributed by atoms with Crippen LogP contribution < -0.4 is 16.1 Å². The molecule has 0 saturated carbocycles. The number of aromatic nitrogens is 2. The molecule has 0 aliphatic heterocycles. The number of ether oxygens (including phenoxy) is 1. The predicted molar refractivity (Wildman–Crippen MR) is 96.2 cm³/mol. The molecule has 0 N–H and O–H groups in total. The van der Waals surface area contributed by atoms with Gasteiger partial charge in [0.2, 0.25) is 0 Å². The molecular weight excluding hydrogens is 346 g/mol. The molecule has 0 fully saturated rings. The summed E-state index contributed by atoms with van der Waals surface area (Å²) in [6.45, 7) is 0.327. The largest absolute Gasteiger partial charge is 0.444 e. The predicted octanol–water partition coefficient (Wildman–Crippen LogP) is 1.86. The Balaban J connectivity index is 2.28. The van der Waals surface area contributed by atoms with Crippen LogP contribution in [-0.2, 0) is 25.4 Å². The third-order valence-electron chi connectivity index (χ3n) is 3.72. The average Bonchev–Trinajstić information content (AvgIpc) is 2.63. The first-order valence-electron chi connectivity index (χ1n) is 7.77. The molecule has 2 aromatic rings. The van der Waals surface area contributed by atoms with E-state index in [-0.39, 0.29) is 19.0 Å². The van der Waals surface area contributed by atoms with Crippen molar-refractivity contribution in [1.82, 2.24) is 9.13 Å². The van der Waals surface area contributed by atoms with Crippen molar-refractivity contribution in [2.24, 2.45) is 14.1 Å². The molecule has 0 saturated heterocycles. The highest BCUT2D eigenvalue weighted by molar-refractivity contribution is 6.17. The van der Waals surface area contributed by atoms with Crippen LogP contribution in [0.4, 0.5) is 10.6 Å². The van der Waals surface area contributed by atoms with E-state index < -0.39 is 17.3 Å². The number of rotatable bonds is 6. The molecule has 0 atom stereocenters. The molecule has 1 amide bonds. The van der Waals surface area contributed by atoms with Gasteiger partial charge in [0.05, 0.1) is 0 Å². The summed E-state index contributed by atoms with van der Waals surface area (Å²) in [6.07, 6.45) is -0.150. The second-order valence-electron chi connectivity index (χ2n) is 5.48. The van der Waals surface area contributed by atoms with E-state index in [0.717, 1.165) is 10.1 Å². The van der Waals surface area contributed by atoms with Crippen molar-refractivity contribution in [2.45, 2.75) is 13.0 Å². The van der Waals surface area contributed by atoms with E-state index in [1.165, 1.54) is 29.6 Å². The molecule has 2 rings (SSSR count). The van der Waals surface area contributed by atoms with Crippen LogP contribution in [0.25, 0.3) is 0 Å². The van der Waals surface area contributed by atoms with Gasteiger partial charge >= 0.3 is 11.8 Å². The fraction of sp³-hybridized carbons (Fsp3) is 0.353. The Kier molecular flexibility index (Phi) is 6.41. The molecule has 8 heteroatoms. The summed E-state index contributed by atoms with van der Waals surface area (Å²) in [5, 5.41) is 0. The number of hydrogen-bond acceptors (Lipinski definition) is 4. The van der Waals surface area contributed by atoms with Gasteiger partial charge in [-0.15, -0.1) is 11.6 Å². The number of benzene rings is 1. The molecular formula is C17H20ClN3O4. The SMILES string of the molecule is Cn1c(N(CCCCl)C(=O)OCc2ccccc2)cc(=O)n(C)c1=O. The number of alkyl halides is 1. The Hall–Kier alpha value is -2.54. The van der Waals surface area contributed by atoms with Crippen molar-refractivity contribution < 1.29 is 9.53 Å². The van der Waals surface area contributed by atoms with E-state index in [1.54, 1.807) is 0 Å². The van der Waals surface area contributed by atoms with Crippen LogP contribution in [0.1, 0.15) is 12.0 Å². The maximum atomic E-state index is 12.5. The lowest BCUT2D eigenvalue weighted by Gasteiger charge is -2.23. The summed E-state index contributed by atoms with van der Waals surface area (Å²) in [7, 11) is 2.88. The number of nitrogens with zero attached hydrogens (tertiary/aromatic N) is 3. The molecule has 0 bridgehead atoms. The summed E-state index contributed by atoms with van der Waals surface area (Å²) in [5.74, 6) is 0.512. The van der Waals surface area contributed by atoms with Crippen molar-refractivity contribution in [3.8, 4) is 0 Å². The maximum absolute atomic E-state index is 12.5. The van der Waals surface area contributed by atoms with Crippen molar-refractivity contribution in [3.05, 3.63) is 62.8 Å². The molecule has 134 valence electrons. The van der Waals surface area contributed by atoms with Crippen LogP contribution in [0.15, 0.2) is 46.0 Å². The Labute approximate surface area is 150 Å². The Morgan fingerprint density at radius 2 is 1.84 bits per heavy atom. The van der Waals surface area contributed by atoms with Crippen molar-refractivity contribution in [1.29, 1.82) is 0 Å². The average molecular weight is 366 g/mol. The lowest BCUT2D eigenvalue weighted by molar-refractivity contribution is 0.146. The summed E-state index contributed by atoms with van der Waals surface area (Å²) in [5.41, 5.74) is -0.176. The Bertz CT molecular complexity index is 845. The summed E-state index contributed by atoms with van der Waals surface area (Å²) in [6, 6.07) is 10.5. The van der Waals surface area contributed by atoms with Crippen LogP contribution in [0.2, 0.25) is 0 Å². The van der Waals surface area contributed by atoms with Crippen molar-refractivity contribution in [3.63, 3.8) is 0 Å². The topological polar surface area (TPSA) is 73.5 Å². The standard InChI is InChI=1S/C17H20ClN3O4/c1-19-14(11-15(22)20(2)16(19)23)21(10-6-9-18)17(24)25-12-13-7-4-3-5-8-13/h3-5,7-8,11H,6,9-10,12H2,1-2H3. The normalized spacial score (nSPS) is 10.5. The minimum absolute atomic E-state index is 0.0931. The van der Waals surface area contributed by atoms with Gasteiger partial charge in [0, 0.05) is 32.6 Å². The number of amides is 1. The fourth-order valence-corrected chi connectivity index (χ4v) is 2.41. The zero-order chi connectivity index (χ0) is 18.4. The second kappa shape index (κ2) is 8.53. The lowest BCUT2D eigenvalue weighted by Crippen LogP contribution is -2.42.